The van der Waals surface area contributed by atoms with Crippen LogP contribution in [0.2, 0.25) is 0 Å². The quantitative estimate of drug-likeness (QED) is 0.655. The minimum absolute atomic E-state index is 0.307. The third kappa shape index (κ3) is 6.64. The zero-order chi connectivity index (χ0) is 12.7. The molecule has 1 atom stereocenters. The molecular weight excluding hydrogens is 216 g/mol. The van der Waals surface area contributed by atoms with E-state index in [-0.39, 0.29) is 0 Å². The number of carbonyl (C=O) groups is 1. The predicted molar refractivity (Wildman–Crippen MR) is 69.2 cm³/mol. The van der Waals surface area contributed by atoms with E-state index in [0.29, 0.717) is 6.42 Å². The van der Waals surface area contributed by atoms with Crippen LogP contribution in [0, 0.1) is 5.92 Å². The van der Waals surface area contributed by atoms with Gasteiger partial charge in [-0.15, -0.1) is 0 Å². The van der Waals surface area contributed by atoms with Crippen molar-refractivity contribution in [2.24, 2.45) is 5.92 Å². The molecule has 0 aromatic carbocycles. The highest BCUT2D eigenvalue weighted by Crippen LogP contribution is 2.18. The maximum Gasteiger partial charge on any atom is 0.303 e. The molecule has 17 heavy (non-hydrogen) atoms. The Hall–Kier alpha value is -0.610. The van der Waals surface area contributed by atoms with Gasteiger partial charge in [0, 0.05) is 13.0 Å². The highest BCUT2D eigenvalue weighted by molar-refractivity contribution is 5.66. The summed E-state index contributed by atoms with van der Waals surface area (Å²) >= 11 is 0. The molecule has 1 N–H and O–H groups in total. The summed E-state index contributed by atoms with van der Waals surface area (Å²) in [6, 6.07) is 0. The molecule has 1 aliphatic heterocycles. The second-order valence-corrected chi connectivity index (χ2v) is 5.36. The Kier molecular flexibility index (Phi) is 6.52. The lowest BCUT2D eigenvalue weighted by atomic mass is 10.0. The fourth-order valence-electron chi connectivity index (χ4n) is 2.43. The monoisotopic (exact) mass is 242 g/mol. The van der Waals surface area contributed by atoms with Gasteiger partial charge in [0.1, 0.15) is 0 Å². The molecule has 4 nitrogen and oxygen atoms in total. The molecule has 1 heterocycles. The van der Waals surface area contributed by atoms with Crippen molar-refractivity contribution in [2.75, 3.05) is 40.3 Å². The molecule has 0 aliphatic carbocycles. The van der Waals surface area contributed by atoms with Crippen LogP contribution in [0.5, 0.6) is 0 Å². The summed E-state index contributed by atoms with van der Waals surface area (Å²) in [4.78, 5) is 15.1. The van der Waals surface area contributed by atoms with Gasteiger partial charge >= 0.3 is 5.97 Å². The lowest BCUT2D eigenvalue weighted by molar-refractivity contribution is -0.137. The standard InChI is InChI=1S/C13H26N2O2/c1-14(8-4-3-5-13(16)17)9-6-12-7-10-15(2)11-12/h12H,3-11H2,1-2H3,(H,16,17). The van der Waals surface area contributed by atoms with Crippen LogP contribution in [0.15, 0.2) is 0 Å². The second kappa shape index (κ2) is 7.67. The number of rotatable bonds is 8. The van der Waals surface area contributed by atoms with Crippen molar-refractivity contribution in [2.45, 2.75) is 32.1 Å². The molecule has 100 valence electrons. The van der Waals surface area contributed by atoms with E-state index in [4.69, 9.17) is 5.11 Å². The number of carboxylic acids is 1. The number of likely N-dealkylation sites (tertiary alicyclic amines) is 1. The molecule has 0 amide bonds. The minimum atomic E-state index is -0.679. The van der Waals surface area contributed by atoms with Gasteiger partial charge in [-0.05, 0) is 65.3 Å². The topological polar surface area (TPSA) is 43.8 Å². The zero-order valence-electron chi connectivity index (χ0n) is 11.2. The van der Waals surface area contributed by atoms with E-state index in [9.17, 15) is 4.79 Å². The first-order valence-electron chi connectivity index (χ1n) is 6.67. The lowest BCUT2D eigenvalue weighted by Gasteiger charge is -2.18. The van der Waals surface area contributed by atoms with Gasteiger partial charge < -0.3 is 14.9 Å². The average molecular weight is 242 g/mol. The van der Waals surface area contributed by atoms with Crippen LogP contribution in [-0.4, -0.2) is 61.2 Å². The van der Waals surface area contributed by atoms with Gasteiger partial charge in [-0.1, -0.05) is 0 Å². The van der Waals surface area contributed by atoms with E-state index in [0.717, 1.165) is 31.8 Å². The molecule has 0 spiro atoms. The number of hydrogen-bond acceptors (Lipinski definition) is 3. The lowest BCUT2D eigenvalue weighted by Crippen LogP contribution is -2.24. The molecule has 1 aliphatic rings. The van der Waals surface area contributed by atoms with Crippen LogP contribution < -0.4 is 0 Å². The Balaban J connectivity index is 1.97. The molecule has 1 rings (SSSR count). The van der Waals surface area contributed by atoms with E-state index in [1.807, 2.05) is 0 Å². The van der Waals surface area contributed by atoms with Crippen molar-refractivity contribution >= 4 is 5.97 Å². The van der Waals surface area contributed by atoms with Crippen molar-refractivity contribution in [3.8, 4) is 0 Å². The Morgan fingerprint density at radius 2 is 2.18 bits per heavy atom. The van der Waals surface area contributed by atoms with Gasteiger partial charge in [0.05, 0.1) is 0 Å². The summed E-state index contributed by atoms with van der Waals surface area (Å²) in [7, 11) is 4.33. The molecule has 0 saturated carbocycles. The fourth-order valence-corrected chi connectivity index (χ4v) is 2.43. The van der Waals surface area contributed by atoms with E-state index in [2.05, 4.69) is 23.9 Å². The third-order valence-corrected chi connectivity index (χ3v) is 3.59. The first-order chi connectivity index (χ1) is 8.08. The van der Waals surface area contributed by atoms with Gasteiger partial charge in [-0.25, -0.2) is 0 Å². The zero-order valence-corrected chi connectivity index (χ0v) is 11.2. The predicted octanol–water partition coefficient (Wildman–Crippen LogP) is 1.51. The van der Waals surface area contributed by atoms with Gasteiger partial charge in [0.25, 0.3) is 0 Å². The van der Waals surface area contributed by atoms with E-state index < -0.39 is 5.97 Å². The van der Waals surface area contributed by atoms with Crippen molar-refractivity contribution in [3.63, 3.8) is 0 Å². The van der Waals surface area contributed by atoms with Crippen molar-refractivity contribution in [1.82, 2.24) is 9.80 Å². The smallest absolute Gasteiger partial charge is 0.303 e. The van der Waals surface area contributed by atoms with Crippen LogP contribution in [0.3, 0.4) is 0 Å². The summed E-state index contributed by atoms with van der Waals surface area (Å²) in [6.07, 6.45) is 4.71. The van der Waals surface area contributed by atoms with Crippen molar-refractivity contribution in [3.05, 3.63) is 0 Å². The summed E-state index contributed by atoms with van der Waals surface area (Å²) in [5.74, 6) is 0.183. The largest absolute Gasteiger partial charge is 0.481 e. The maximum absolute atomic E-state index is 10.4. The molecule has 0 aromatic rings. The summed E-state index contributed by atoms with van der Waals surface area (Å²) in [5, 5.41) is 8.53. The molecule has 1 unspecified atom stereocenters. The van der Waals surface area contributed by atoms with Gasteiger partial charge in [-0.2, -0.15) is 0 Å². The average Bonchev–Trinajstić information content (AvgIpc) is 2.67. The third-order valence-electron chi connectivity index (χ3n) is 3.59. The van der Waals surface area contributed by atoms with Gasteiger partial charge in [0.15, 0.2) is 0 Å². The number of aliphatic carboxylic acids is 1. The van der Waals surface area contributed by atoms with Crippen LogP contribution in [0.4, 0.5) is 0 Å². The number of nitrogens with zero attached hydrogens (tertiary/aromatic N) is 2. The Bertz CT molecular complexity index is 233. The minimum Gasteiger partial charge on any atom is -0.481 e. The molecule has 0 aromatic heterocycles. The highest BCUT2D eigenvalue weighted by Gasteiger charge is 2.19. The molecular formula is C13H26N2O2. The van der Waals surface area contributed by atoms with E-state index >= 15 is 0 Å². The molecule has 0 bridgehead atoms. The molecule has 4 heteroatoms. The Morgan fingerprint density at radius 1 is 1.41 bits per heavy atom. The van der Waals surface area contributed by atoms with E-state index in [1.54, 1.807) is 0 Å². The van der Waals surface area contributed by atoms with Gasteiger partial charge in [-0.3, -0.25) is 4.79 Å². The Morgan fingerprint density at radius 3 is 2.76 bits per heavy atom. The molecule has 1 fully saturated rings. The normalized spacial score (nSPS) is 21.2. The first kappa shape index (κ1) is 14.5. The summed E-state index contributed by atoms with van der Waals surface area (Å²) in [6.45, 7) is 4.65. The van der Waals surface area contributed by atoms with Crippen molar-refractivity contribution < 1.29 is 9.90 Å². The first-order valence-corrected chi connectivity index (χ1v) is 6.67. The number of unbranched alkanes of at least 4 members (excludes halogenated alkanes) is 1. The van der Waals surface area contributed by atoms with Crippen molar-refractivity contribution in [1.29, 1.82) is 0 Å². The second-order valence-electron chi connectivity index (χ2n) is 5.36. The van der Waals surface area contributed by atoms with Crippen LogP contribution in [0.1, 0.15) is 32.1 Å². The highest BCUT2D eigenvalue weighted by atomic mass is 16.4. The maximum atomic E-state index is 10.4. The van der Waals surface area contributed by atoms with E-state index in [1.165, 1.54) is 25.9 Å². The summed E-state index contributed by atoms with van der Waals surface area (Å²) < 4.78 is 0. The van der Waals surface area contributed by atoms with Crippen LogP contribution in [-0.2, 0) is 4.79 Å². The number of hydrogen-bond donors (Lipinski definition) is 1. The molecule has 0 radical (unpaired) electrons. The number of carboxylic acid groups (broad SMARTS) is 1. The molecule has 1 saturated heterocycles. The summed E-state index contributed by atoms with van der Waals surface area (Å²) in [5.41, 5.74) is 0. The van der Waals surface area contributed by atoms with Crippen LogP contribution >= 0.6 is 0 Å². The SMILES string of the molecule is CN(CCCCC(=O)O)CCC1CCN(C)C1. The fraction of sp³-hybridized carbons (Fsp3) is 0.923. The Labute approximate surface area is 105 Å². The van der Waals surface area contributed by atoms with Crippen LogP contribution in [0.25, 0.3) is 0 Å². The van der Waals surface area contributed by atoms with Gasteiger partial charge in [0.2, 0.25) is 0 Å².